The number of ether oxygens (including phenoxy) is 1. The van der Waals surface area contributed by atoms with Crippen LogP contribution in [0, 0.1) is 0 Å². The highest BCUT2D eigenvalue weighted by molar-refractivity contribution is 5.94. The van der Waals surface area contributed by atoms with E-state index < -0.39 is 0 Å². The molecule has 0 aliphatic carbocycles. The quantitative estimate of drug-likeness (QED) is 0.794. The molecule has 1 aromatic carbocycles. The first kappa shape index (κ1) is 17.9. The van der Waals surface area contributed by atoms with Gasteiger partial charge in [-0.3, -0.25) is 14.5 Å². The monoisotopic (exact) mass is 345 g/mol. The van der Waals surface area contributed by atoms with E-state index in [1.807, 2.05) is 17.0 Å². The summed E-state index contributed by atoms with van der Waals surface area (Å²) in [6.07, 6.45) is 2.70. The maximum atomic E-state index is 12.4. The fourth-order valence-corrected chi connectivity index (χ4v) is 3.37. The van der Waals surface area contributed by atoms with Crippen molar-refractivity contribution in [1.82, 2.24) is 9.80 Å². The molecule has 2 heterocycles. The Hall–Kier alpha value is -1.92. The average molecular weight is 345 g/mol. The Balaban J connectivity index is 1.39. The van der Waals surface area contributed by atoms with Crippen LogP contribution in [0.4, 0.5) is 5.69 Å². The minimum absolute atomic E-state index is 0.0449. The van der Waals surface area contributed by atoms with Gasteiger partial charge < -0.3 is 15.0 Å². The number of hydrogen-bond donors (Lipinski definition) is 1. The topological polar surface area (TPSA) is 61.9 Å². The largest absolute Gasteiger partial charge is 0.377 e. The number of rotatable bonds is 6. The summed E-state index contributed by atoms with van der Waals surface area (Å²) in [6, 6.07) is 7.23. The number of ketones is 1. The molecule has 2 aliphatic heterocycles. The maximum absolute atomic E-state index is 12.4. The van der Waals surface area contributed by atoms with E-state index in [0.717, 1.165) is 51.4 Å². The molecule has 0 radical (unpaired) electrons. The molecule has 6 heteroatoms. The molecule has 0 spiro atoms. The molecule has 25 heavy (non-hydrogen) atoms. The molecule has 1 aromatic rings. The van der Waals surface area contributed by atoms with E-state index in [0.29, 0.717) is 11.7 Å². The van der Waals surface area contributed by atoms with E-state index in [1.54, 1.807) is 19.1 Å². The van der Waals surface area contributed by atoms with Crippen molar-refractivity contribution in [2.75, 3.05) is 51.2 Å². The number of anilines is 1. The summed E-state index contributed by atoms with van der Waals surface area (Å²) in [7, 11) is 0. The van der Waals surface area contributed by atoms with Gasteiger partial charge >= 0.3 is 0 Å². The highest BCUT2D eigenvalue weighted by Crippen LogP contribution is 2.15. The molecule has 1 amide bonds. The summed E-state index contributed by atoms with van der Waals surface area (Å²) < 4.78 is 5.69. The van der Waals surface area contributed by atoms with Crippen LogP contribution in [0.2, 0.25) is 0 Å². The van der Waals surface area contributed by atoms with Crippen LogP contribution in [0.3, 0.4) is 0 Å². The van der Waals surface area contributed by atoms with Crippen LogP contribution in [0.15, 0.2) is 24.3 Å². The molecule has 3 rings (SSSR count). The molecule has 136 valence electrons. The van der Waals surface area contributed by atoms with Crippen molar-refractivity contribution >= 4 is 17.4 Å². The smallest absolute Gasteiger partial charge is 0.241 e. The second-order valence-corrected chi connectivity index (χ2v) is 6.80. The number of piperazine rings is 1. The number of hydrogen-bond acceptors (Lipinski definition) is 5. The molecule has 1 atom stereocenters. The van der Waals surface area contributed by atoms with Gasteiger partial charge in [-0.1, -0.05) is 0 Å². The van der Waals surface area contributed by atoms with Crippen molar-refractivity contribution in [2.45, 2.75) is 25.9 Å². The summed E-state index contributed by atoms with van der Waals surface area (Å²) in [4.78, 5) is 28.0. The van der Waals surface area contributed by atoms with Crippen LogP contribution < -0.4 is 5.32 Å². The van der Waals surface area contributed by atoms with Gasteiger partial charge in [0.15, 0.2) is 5.78 Å². The zero-order valence-electron chi connectivity index (χ0n) is 14.9. The minimum atomic E-state index is 0.0449. The third-order valence-electron chi connectivity index (χ3n) is 4.95. The normalized spacial score (nSPS) is 21.3. The molecule has 2 aliphatic rings. The molecule has 2 saturated heterocycles. The molecular weight excluding hydrogens is 318 g/mol. The average Bonchev–Trinajstić information content (AvgIpc) is 3.13. The Morgan fingerprint density at radius 1 is 1.16 bits per heavy atom. The maximum Gasteiger partial charge on any atom is 0.241 e. The molecule has 0 aromatic heterocycles. The lowest BCUT2D eigenvalue weighted by Crippen LogP contribution is -2.51. The van der Waals surface area contributed by atoms with Crippen molar-refractivity contribution < 1.29 is 14.3 Å². The second-order valence-electron chi connectivity index (χ2n) is 6.80. The van der Waals surface area contributed by atoms with Gasteiger partial charge in [-0.05, 0) is 44.0 Å². The summed E-state index contributed by atoms with van der Waals surface area (Å²) in [5.74, 6) is 0.163. The molecular formula is C19H27N3O3. The van der Waals surface area contributed by atoms with Gasteiger partial charge in [0, 0.05) is 50.6 Å². The lowest BCUT2D eigenvalue weighted by molar-refractivity contribution is -0.131. The molecule has 0 saturated carbocycles. The number of nitrogens with zero attached hydrogens (tertiary/aromatic N) is 2. The van der Waals surface area contributed by atoms with E-state index in [9.17, 15) is 9.59 Å². The molecule has 6 nitrogen and oxygen atoms in total. The summed E-state index contributed by atoms with van der Waals surface area (Å²) in [6.45, 7) is 7.09. The summed E-state index contributed by atoms with van der Waals surface area (Å²) >= 11 is 0. The van der Waals surface area contributed by atoms with Crippen molar-refractivity contribution in [2.24, 2.45) is 0 Å². The minimum Gasteiger partial charge on any atom is -0.377 e. The predicted molar refractivity (Wildman–Crippen MR) is 96.9 cm³/mol. The van der Waals surface area contributed by atoms with Crippen LogP contribution >= 0.6 is 0 Å². The van der Waals surface area contributed by atoms with Gasteiger partial charge in [0.1, 0.15) is 0 Å². The fraction of sp³-hybridized carbons (Fsp3) is 0.579. The summed E-state index contributed by atoms with van der Waals surface area (Å²) in [5.41, 5.74) is 1.54. The highest BCUT2D eigenvalue weighted by atomic mass is 16.5. The van der Waals surface area contributed by atoms with Crippen molar-refractivity contribution in [3.05, 3.63) is 29.8 Å². The van der Waals surface area contributed by atoms with Crippen molar-refractivity contribution in [1.29, 1.82) is 0 Å². The zero-order valence-corrected chi connectivity index (χ0v) is 14.9. The number of benzene rings is 1. The van der Waals surface area contributed by atoms with Crippen molar-refractivity contribution in [3.8, 4) is 0 Å². The zero-order chi connectivity index (χ0) is 17.6. The Kier molecular flexibility index (Phi) is 6.04. The lowest BCUT2D eigenvalue weighted by Gasteiger charge is -2.35. The van der Waals surface area contributed by atoms with E-state index in [2.05, 4.69) is 10.2 Å². The third-order valence-corrected chi connectivity index (χ3v) is 4.95. The summed E-state index contributed by atoms with van der Waals surface area (Å²) in [5, 5.41) is 3.14. The first-order chi connectivity index (χ1) is 12.1. The van der Waals surface area contributed by atoms with Crippen molar-refractivity contribution in [3.63, 3.8) is 0 Å². The SMILES string of the molecule is CC(=O)c1ccc(NCC(=O)N2CCN(CC3CCCO3)CC2)cc1. The van der Waals surface area contributed by atoms with E-state index >= 15 is 0 Å². The Bertz CT molecular complexity index is 588. The van der Waals surface area contributed by atoms with Gasteiger partial charge in [0.25, 0.3) is 0 Å². The number of carbonyl (C=O) groups is 2. The molecule has 1 unspecified atom stereocenters. The molecule has 0 bridgehead atoms. The van der Waals surface area contributed by atoms with Gasteiger partial charge in [-0.15, -0.1) is 0 Å². The fourth-order valence-electron chi connectivity index (χ4n) is 3.37. The number of nitrogens with one attached hydrogen (secondary N) is 1. The van der Waals surface area contributed by atoms with E-state index in [-0.39, 0.29) is 18.2 Å². The number of amides is 1. The first-order valence-electron chi connectivity index (χ1n) is 9.08. The standard InChI is InChI=1S/C19H27N3O3/c1-15(23)16-4-6-17(7-5-16)20-13-19(24)22-10-8-21(9-11-22)14-18-3-2-12-25-18/h4-7,18,20H,2-3,8-14H2,1H3. The van der Waals surface area contributed by atoms with Crippen LogP contribution in [0.25, 0.3) is 0 Å². The predicted octanol–water partition coefficient (Wildman–Crippen LogP) is 1.62. The van der Waals surface area contributed by atoms with Crippen LogP contribution in [-0.4, -0.2) is 73.5 Å². The highest BCUT2D eigenvalue weighted by Gasteiger charge is 2.24. The number of Topliss-reactive ketones (excluding diaryl/α,β-unsaturated/α-hetero) is 1. The molecule has 1 N–H and O–H groups in total. The third kappa shape index (κ3) is 5.03. The Morgan fingerprint density at radius 2 is 1.88 bits per heavy atom. The van der Waals surface area contributed by atoms with Gasteiger partial charge in [0.05, 0.1) is 12.6 Å². The lowest BCUT2D eigenvalue weighted by atomic mass is 10.1. The Labute approximate surface area is 149 Å². The van der Waals surface area contributed by atoms with Crippen LogP contribution in [0.1, 0.15) is 30.1 Å². The van der Waals surface area contributed by atoms with E-state index in [1.165, 1.54) is 6.42 Å². The first-order valence-corrected chi connectivity index (χ1v) is 9.08. The van der Waals surface area contributed by atoms with Crippen LogP contribution in [-0.2, 0) is 9.53 Å². The van der Waals surface area contributed by atoms with Crippen LogP contribution in [0.5, 0.6) is 0 Å². The van der Waals surface area contributed by atoms with Gasteiger partial charge in [0.2, 0.25) is 5.91 Å². The second kappa shape index (κ2) is 8.45. The molecule has 2 fully saturated rings. The van der Waals surface area contributed by atoms with Gasteiger partial charge in [-0.25, -0.2) is 0 Å². The Morgan fingerprint density at radius 3 is 2.48 bits per heavy atom. The van der Waals surface area contributed by atoms with Gasteiger partial charge in [-0.2, -0.15) is 0 Å². The van der Waals surface area contributed by atoms with E-state index in [4.69, 9.17) is 4.74 Å². The number of carbonyl (C=O) groups excluding carboxylic acids is 2.